The molecule has 168 valence electrons. The topological polar surface area (TPSA) is 58.6 Å². The Morgan fingerprint density at radius 2 is 1.74 bits per heavy atom. The molecule has 2 aromatic rings. The summed E-state index contributed by atoms with van der Waals surface area (Å²) in [7, 11) is 0. The molecule has 0 spiro atoms. The van der Waals surface area contributed by atoms with Crippen molar-refractivity contribution < 1.29 is 14.3 Å². The SMILES string of the molecule is CC[C@H](C(=O)N[C@@H](C)CC)N(Cc1cccc(C)c1)C(=O)COc1ccc(C)c(C)c1. The summed E-state index contributed by atoms with van der Waals surface area (Å²) in [5, 5.41) is 3.03. The van der Waals surface area contributed by atoms with Crippen LogP contribution < -0.4 is 10.1 Å². The first-order valence-electron chi connectivity index (χ1n) is 11.1. The smallest absolute Gasteiger partial charge is 0.261 e. The highest BCUT2D eigenvalue weighted by Gasteiger charge is 2.29. The highest BCUT2D eigenvalue weighted by molar-refractivity contribution is 5.88. The van der Waals surface area contributed by atoms with Crippen molar-refractivity contribution in [1.82, 2.24) is 10.2 Å². The standard InChI is InChI=1S/C26H36N2O3/c1-7-21(6)27-26(30)24(8-2)28(16-22-11-9-10-18(3)14-22)25(29)17-31-23-13-12-19(4)20(5)15-23/h9-15,21,24H,7-8,16-17H2,1-6H3,(H,27,30)/t21-,24+/m0/s1. The Morgan fingerprint density at radius 1 is 1.00 bits per heavy atom. The summed E-state index contributed by atoms with van der Waals surface area (Å²) in [5.41, 5.74) is 4.40. The highest BCUT2D eigenvalue weighted by Crippen LogP contribution is 2.18. The van der Waals surface area contributed by atoms with Gasteiger partial charge in [-0.1, -0.05) is 49.7 Å². The molecule has 2 aromatic carbocycles. The molecule has 2 rings (SSSR count). The molecule has 0 heterocycles. The van der Waals surface area contributed by atoms with Crippen molar-refractivity contribution in [3.05, 3.63) is 64.7 Å². The molecule has 2 atom stereocenters. The van der Waals surface area contributed by atoms with E-state index in [1.807, 2.05) is 84.0 Å². The van der Waals surface area contributed by atoms with Gasteiger partial charge in [-0.3, -0.25) is 9.59 Å². The normalized spacial score (nSPS) is 12.7. The van der Waals surface area contributed by atoms with Crippen LogP contribution in [0.1, 0.15) is 55.9 Å². The van der Waals surface area contributed by atoms with Gasteiger partial charge in [0.25, 0.3) is 5.91 Å². The number of benzene rings is 2. The Morgan fingerprint density at radius 3 is 2.35 bits per heavy atom. The van der Waals surface area contributed by atoms with Crippen LogP contribution in [-0.4, -0.2) is 35.4 Å². The molecule has 0 saturated carbocycles. The Balaban J connectivity index is 2.22. The van der Waals surface area contributed by atoms with E-state index in [0.29, 0.717) is 18.7 Å². The fourth-order valence-corrected chi connectivity index (χ4v) is 3.40. The fraction of sp³-hybridized carbons (Fsp3) is 0.462. The van der Waals surface area contributed by atoms with Crippen LogP contribution in [0, 0.1) is 20.8 Å². The highest BCUT2D eigenvalue weighted by atomic mass is 16.5. The zero-order valence-electron chi connectivity index (χ0n) is 19.7. The molecule has 5 nitrogen and oxygen atoms in total. The van der Waals surface area contributed by atoms with E-state index in [1.165, 1.54) is 5.56 Å². The van der Waals surface area contributed by atoms with E-state index < -0.39 is 6.04 Å². The lowest BCUT2D eigenvalue weighted by Crippen LogP contribution is -2.51. The molecule has 31 heavy (non-hydrogen) atoms. The van der Waals surface area contributed by atoms with Crippen LogP contribution in [0.5, 0.6) is 5.75 Å². The van der Waals surface area contributed by atoms with Crippen molar-refractivity contribution in [3.63, 3.8) is 0 Å². The number of nitrogens with one attached hydrogen (secondary N) is 1. The monoisotopic (exact) mass is 424 g/mol. The van der Waals surface area contributed by atoms with Crippen molar-refractivity contribution in [2.45, 2.75) is 73.0 Å². The number of carbonyl (C=O) groups is 2. The van der Waals surface area contributed by atoms with Crippen molar-refractivity contribution in [2.24, 2.45) is 0 Å². The summed E-state index contributed by atoms with van der Waals surface area (Å²) < 4.78 is 5.80. The van der Waals surface area contributed by atoms with Gasteiger partial charge in [-0.15, -0.1) is 0 Å². The average Bonchev–Trinajstić information content (AvgIpc) is 2.74. The number of hydrogen-bond acceptors (Lipinski definition) is 3. The molecule has 5 heteroatoms. The number of amides is 2. The summed E-state index contributed by atoms with van der Waals surface area (Å²) >= 11 is 0. The molecule has 0 aliphatic heterocycles. The molecule has 0 aliphatic carbocycles. The lowest BCUT2D eigenvalue weighted by atomic mass is 10.1. The van der Waals surface area contributed by atoms with Gasteiger partial charge in [-0.25, -0.2) is 0 Å². The van der Waals surface area contributed by atoms with Gasteiger partial charge in [-0.2, -0.15) is 0 Å². The van der Waals surface area contributed by atoms with E-state index in [0.717, 1.165) is 23.1 Å². The third-order valence-corrected chi connectivity index (χ3v) is 5.66. The quantitative estimate of drug-likeness (QED) is 0.601. The fourth-order valence-electron chi connectivity index (χ4n) is 3.40. The molecule has 0 bridgehead atoms. The predicted molar refractivity (Wildman–Crippen MR) is 125 cm³/mol. The van der Waals surface area contributed by atoms with Crippen LogP contribution in [0.2, 0.25) is 0 Å². The summed E-state index contributed by atoms with van der Waals surface area (Å²) in [5.74, 6) is 0.332. The van der Waals surface area contributed by atoms with E-state index in [1.54, 1.807) is 4.90 Å². The molecular formula is C26H36N2O3. The van der Waals surface area contributed by atoms with E-state index in [9.17, 15) is 9.59 Å². The van der Waals surface area contributed by atoms with Crippen LogP contribution in [0.3, 0.4) is 0 Å². The van der Waals surface area contributed by atoms with E-state index in [4.69, 9.17) is 4.74 Å². The first-order valence-corrected chi connectivity index (χ1v) is 11.1. The Hall–Kier alpha value is -2.82. The molecule has 0 radical (unpaired) electrons. The zero-order chi connectivity index (χ0) is 23.0. The molecule has 1 N–H and O–H groups in total. The van der Waals surface area contributed by atoms with Gasteiger partial charge in [0.1, 0.15) is 11.8 Å². The molecule has 2 amide bonds. The van der Waals surface area contributed by atoms with Gasteiger partial charge in [0.15, 0.2) is 6.61 Å². The number of carbonyl (C=O) groups excluding carboxylic acids is 2. The second kappa shape index (κ2) is 11.5. The molecule has 0 aromatic heterocycles. The molecule has 0 saturated heterocycles. The summed E-state index contributed by atoms with van der Waals surface area (Å²) in [6.45, 7) is 12.3. The maximum Gasteiger partial charge on any atom is 0.261 e. The lowest BCUT2D eigenvalue weighted by Gasteiger charge is -2.31. The van der Waals surface area contributed by atoms with Gasteiger partial charge in [0.05, 0.1) is 0 Å². The van der Waals surface area contributed by atoms with Crippen molar-refractivity contribution in [3.8, 4) is 5.75 Å². The second-order valence-electron chi connectivity index (χ2n) is 8.29. The van der Waals surface area contributed by atoms with Gasteiger partial charge in [0, 0.05) is 12.6 Å². The third-order valence-electron chi connectivity index (χ3n) is 5.66. The predicted octanol–water partition coefficient (Wildman–Crippen LogP) is 4.71. The van der Waals surface area contributed by atoms with Gasteiger partial charge < -0.3 is 15.0 Å². The molecule has 0 fully saturated rings. The summed E-state index contributed by atoms with van der Waals surface area (Å²) in [6.07, 6.45) is 1.37. The van der Waals surface area contributed by atoms with Crippen LogP contribution in [0.25, 0.3) is 0 Å². The van der Waals surface area contributed by atoms with Crippen molar-refractivity contribution >= 4 is 11.8 Å². The minimum atomic E-state index is -0.551. The summed E-state index contributed by atoms with van der Waals surface area (Å²) in [6, 6.07) is 13.3. The first-order chi connectivity index (χ1) is 14.7. The van der Waals surface area contributed by atoms with Gasteiger partial charge in [-0.05, 0) is 69.4 Å². The Labute approximate surface area is 186 Å². The number of ether oxygens (including phenoxy) is 1. The third kappa shape index (κ3) is 7.12. The zero-order valence-corrected chi connectivity index (χ0v) is 19.7. The van der Waals surface area contributed by atoms with Crippen molar-refractivity contribution in [1.29, 1.82) is 0 Å². The maximum absolute atomic E-state index is 13.2. The number of rotatable bonds is 10. The molecule has 0 unspecified atom stereocenters. The van der Waals surface area contributed by atoms with Crippen LogP contribution in [0.15, 0.2) is 42.5 Å². The van der Waals surface area contributed by atoms with E-state index in [-0.39, 0.29) is 24.5 Å². The van der Waals surface area contributed by atoms with Crippen LogP contribution in [-0.2, 0) is 16.1 Å². The lowest BCUT2D eigenvalue weighted by molar-refractivity contribution is -0.143. The van der Waals surface area contributed by atoms with E-state index >= 15 is 0 Å². The molecule has 0 aliphatic rings. The minimum Gasteiger partial charge on any atom is -0.484 e. The van der Waals surface area contributed by atoms with Crippen LogP contribution in [0.4, 0.5) is 0 Å². The van der Waals surface area contributed by atoms with E-state index in [2.05, 4.69) is 5.32 Å². The Kier molecular flexibility index (Phi) is 9.10. The number of aryl methyl sites for hydroxylation is 3. The Bertz CT molecular complexity index is 894. The first kappa shape index (κ1) is 24.4. The average molecular weight is 425 g/mol. The maximum atomic E-state index is 13.2. The van der Waals surface area contributed by atoms with Gasteiger partial charge >= 0.3 is 0 Å². The largest absolute Gasteiger partial charge is 0.484 e. The summed E-state index contributed by atoms with van der Waals surface area (Å²) in [4.78, 5) is 27.8. The molecular weight excluding hydrogens is 388 g/mol. The second-order valence-corrected chi connectivity index (χ2v) is 8.29. The number of nitrogens with zero attached hydrogens (tertiary/aromatic N) is 1. The van der Waals surface area contributed by atoms with Crippen LogP contribution >= 0.6 is 0 Å². The minimum absolute atomic E-state index is 0.0595. The van der Waals surface area contributed by atoms with Gasteiger partial charge in [0.2, 0.25) is 5.91 Å². The number of hydrogen-bond donors (Lipinski definition) is 1. The van der Waals surface area contributed by atoms with Crippen molar-refractivity contribution in [2.75, 3.05) is 6.61 Å².